The Morgan fingerprint density at radius 2 is 2.31 bits per heavy atom. The quantitative estimate of drug-likeness (QED) is 0.689. The summed E-state index contributed by atoms with van der Waals surface area (Å²) in [5.74, 6) is 0.693. The van der Waals surface area contributed by atoms with Gasteiger partial charge in [-0.05, 0) is 38.9 Å². The SMILES string of the molecule is COCC(O)CCNC1CCN(C)CC1C. The highest BCUT2D eigenvalue weighted by Crippen LogP contribution is 2.15. The molecule has 4 nitrogen and oxygen atoms in total. The third kappa shape index (κ3) is 4.78. The van der Waals surface area contributed by atoms with Crippen molar-refractivity contribution in [2.45, 2.75) is 31.9 Å². The van der Waals surface area contributed by atoms with E-state index in [9.17, 15) is 5.11 Å². The highest BCUT2D eigenvalue weighted by atomic mass is 16.5. The second-order valence-electron chi connectivity index (χ2n) is 4.99. The molecule has 0 aliphatic carbocycles. The molecule has 0 radical (unpaired) electrons. The maximum Gasteiger partial charge on any atom is 0.0785 e. The van der Waals surface area contributed by atoms with Crippen LogP contribution in [0.5, 0.6) is 0 Å². The molecule has 4 heteroatoms. The van der Waals surface area contributed by atoms with E-state index in [1.165, 1.54) is 13.0 Å². The topological polar surface area (TPSA) is 44.7 Å². The van der Waals surface area contributed by atoms with Crippen molar-refractivity contribution in [3.8, 4) is 0 Å². The molecule has 96 valence electrons. The van der Waals surface area contributed by atoms with Crippen LogP contribution in [0.25, 0.3) is 0 Å². The molecule has 1 saturated heterocycles. The molecule has 1 aliphatic rings. The summed E-state index contributed by atoms with van der Waals surface area (Å²) in [5, 5.41) is 13.1. The lowest BCUT2D eigenvalue weighted by molar-refractivity contribution is 0.0576. The van der Waals surface area contributed by atoms with Crippen LogP contribution in [0.15, 0.2) is 0 Å². The van der Waals surface area contributed by atoms with Gasteiger partial charge in [-0.3, -0.25) is 0 Å². The summed E-state index contributed by atoms with van der Waals surface area (Å²) in [6.45, 7) is 5.94. The molecule has 1 rings (SSSR count). The highest BCUT2D eigenvalue weighted by molar-refractivity contribution is 4.81. The number of rotatable bonds is 6. The number of ether oxygens (including phenoxy) is 1. The fraction of sp³-hybridized carbons (Fsp3) is 1.00. The molecule has 0 spiro atoms. The van der Waals surface area contributed by atoms with Gasteiger partial charge < -0.3 is 20.1 Å². The summed E-state index contributed by atoms with van der Waals surface area (Å²) in [5.41, 5.74) is 0. The lowest BCUT2D eigenvalue weighted by Gasteiger charge is -2.35. The standard InChI is InChI=1S/C12H26N2O2/c1-10-8-14(2)7-5-12(10)13-6-4-11(15)9-16-3/h10-13,15H,4-9H2,1-3H3. The molecular weight excluding hydrogens is 204 g/mol. The van der Waals surface area contributed by atoms with E-state index in [1.54, 1.807) is 7.11 Å². The highest BCUT2D eigenvalue weighted by Gasteiger charge is 2.23. The van der Waals surface area contributed by atoms with Crippen molar-refractivity contribution in [2.75, 3.05) is 40.4 Å². The molecule has 3 atom stereocenters. The number of piperidine rings is 1. The molecule has 0 aromatic carbocycles. The first kappa shape index (κ1) is 13.9. The smallest absolute Gasteiger partial charge is 0.0785 e. The number of hydrogen-bond acceptors (Lipinski definition) is 4. The van der Waals surface area contributed by atoms with Crippen LogP contribution in [0, 0.1) is 5.92 Å². The average Bonchev–Trinajstić information content (AvgIpc) is 2.22. The molecule has 0 bridgehead atoms. The summed E-state index contributed by atoms with van der Waals surface area (Å²) in [7, 11) is 3.80. The fourth-order valence-corrected chi connectivity index (χ4v) is 2.37. The molecule has 1 heterocycles. The number of nitrogens with zero attached hydrogens (tertiary/aromatic N) is 1. The monoisotopic (exact) mass is 230 g/mol. The van der Waals surface area contributed by atoms with Gasteiger partial charge >= 0.3 is 0 Å². The maximum absolute atomic E-state index is 9.51. The maximum atomic E-state index is 9.51. The van der Waals surface area contributed by atoms with Crippen LogP contribution < -0.4 is 5.32 Å². The van der Waals surface area contributed by atoms with Gasteiger partial charge in [0.25, 0.3) is 0 Å². The minimum atomic E-state index is -0.334. The van der Waals surface area contributed by atoms with Crippen LogP contribution in [0.4, 0.5) is 0 Å². The summed E-state index contributed by atoms with van der Waals surface area (Å²) in [6, 6.07) is 0.603. The van der Waals surface area contributed by atoms with Gasteiger partial charge in [-0.1, -0.05) is 6.92 Å². The summed E-state index contributed by atoms with van der Waals surface area (Å²) in [6.07, 6.45) is 1.64. The second-order valence-corrected chi connectivity index (χ2v) is 4.99. The van der Waals surface area contributed by atoms with E-state index in [0.717, 1.165) is 19.5 Å². The van der Waals surface area contributed by atoms with Crippen molar-refractivity contribution in [2.24, 2.45) is 5.92 Å². The van der Waals surface area contributed by atoms with Crippen LogP contribution in [-0.2, 0) is 4.74 Å². The Bertz CT molecular complexity index is 190. The number of methoxy groups -OCH3 is 1. The molecule has 3 unspecified atom stereocenters. The Labute approximate surface area is 99.0 Å². The fourth-order valence-electron chi connectivity index (χ4n) is 2.37. The van der Waals surface area contributed by atoms with E-state index in [4.69, 9.17) is 4.74 Å². The predicted octanol–water partition coefficient (Wildman–Crippen LogP) is 0.314. The lowest BCUT2D eigenvalue weighted by atomic mass is 9.94. The Kier molecular flexibility index (Phi) is 6.28. The zero-order valence-electron chi connectivity index (χ0n) is 10.8. The number of aliphatic hydroxyl groups excluding tert-OH is 1. The van der Waals surface area contributed by atoms with Gasteiger partial charge in [0, 0.05) is 19.7 Å². The molecule has 0 aromatic heterocycles. The van der Waals surface area contributed by atoms with Gasteiger partial charge in [0.15, 0.2) is 0 Å². The van der Waals surface area contributed by atoms with Crippen molar-refractivity contribution >= 4 is 0 Å². The predicted molar refractivity (Wildman–Crippen MR) is 65.6 cm³/mol. The van der Waals surface area contributed by atoms with Gasteiger partial charge in [0.05, 0.1) is 12.7 Å². The minimum Gasteiger partial charge on any atom is -0.391 e. The van der Waals surface area contributed by atoms with Crippen molar-refractivity contribution < 1.29 is 9.84 Å². The Morgan fingerprint density at radius 1 is 1.56 bits per heavy atom. The van der Waals surface area contributed by atoms with Crippen LogP contribution in [-0.4, -0.2) is 62.6 Å². The lowest BCUT2D eigenvalue weighted by Crippen LogP contribution is -2.47. The van der Waals surface area contributed by atoms with E-state index >= 15 is 0 Å². The molecule has 0 aromatic rings. The van der Waals surface area contributed by atoms with Gasteiger partial charge in [0.1, 0.15) is 0 Å². The van der Waals surface area contributed by atoms with Crippen LogP contribution in [0.3, 0.4) is 0 Å². The molecule has 2 N–H and O–H groups in total. The van der Waals surface area contributed by atoms with E-state index in [0.29, 0.717) is 18.6 Å². The molecule has 16 heavy (non-hydrogen) atoms. The Balaban J connectivity index is 2.12. The molecule has 1 fully saturated rings. The summed E-state index contributed by atoms with van der Waals surface area (Å²) < 4.78 is 4.90. The van der Waals surface area contributed by atoms with E-state index in [-0.39, 0.29) is 6.10 Å². The van der Waals surface area contributed by atoms with Gasteiger partial charge in [-0.25, -0.2) is 0 Å². The van der Waals surface area contributed by atoms with E-state index < -0.39 is 0 Å². The number of aliphatic hydroxyl groups is 1. The molecule has 0 amide bonds. The molecule has 0 saturated carbocycles. The van der Waals surface area contributed by atoms with Crippen molar-refractivity contribution in [3.63, 3.8) is 0 Å². The minimum absolute atomic E-state index is 0.334. The van der Waals surface area contributed by atoms with E-state index in [1.807, 2.05) is 0 Å². The molecular formula is C12H26N2O2. The average molecular weight is 230 g/mol. The zero-order chi connectivity index (χ0) is 12.0. The first-order valence-corrected chi connectivity index (χ1v) is 6.22. The first-order valence-electron chi connectivity index (χ1n) is 6.22. The van der Waals surface area contributed by atoms with Crippen LogP contribution in [0.2, 0.25) is 0 Å². The van der Waals surface area contributed by atoms with E-state index in [2.05, 4.69) is 24.2 Å². The third-order valence-electron chi connectivity index (χ3n) is 3.35. The summed E-state index contributed by atoms with van der Waals surface area (Å²) in [4.78, 5) is 2.38. The summed E-state index contributed by atoms with van der Waals surface area (Å²) >= 11 is 0. The van der Waals surface area contributed by atoms with Gasteiger partial charge in [-0.15, -0.1) is 0 Å². The van der Waals surface area contributed by atoms with Crippen molar-refractivity contribution in [1.29, 1.82) is 0 Å². The van der Waals surface area contributed by atoms with Crippen LogP contribution in [0.1, 0.15) is 19.8 Å². The Hall–Kier alpha value is -0.160. The van der Waals surface area contributed by atoms with Gasteiger partial charge in [0.2, 0.25) is 0 Å². The second kappa shape index (κ2) is 7.22. The normalized spacial score (nSPS) is 29.2. The van der Waals surface area contributed by atoms with Crippen molar-refractivity contribution in [3.05, 3.63) is 0 Å². The van der Waals surface area contributed by atoms with Gasteiger partial charge in [-0.2, -0.15) is 0 Å². The Morgan fingerprint density at radius 3 is 2.94 bits per heavy atom. The number of hydrogen-bond donors (Lipinski definition) is 2. The number of likely N-dealkylation sites (tertiary alicyclic amines) is 1. The van der Waals surface area contributed by atoms with Crippen LogP contribution >= 0.6 is 0 Å². The largest absolute Gasteiger partial charge is 0.391 e. The first-order chi connectivity index (χ1) is 7.63. The molecule has 1 aliphatic heterocycles. The third-order valence-corrected chi connectivity index (χ3v) is 3.35. The van der Waals surface area contributed by atoms with Crippen molar-refractivity contribution in [1.82, 2.24) is 10.2 Å². The number of nitrogens with one attached hydrogen (secondary N) is 1. The zero-order valence-corrected chi connectivity index (χ0v) is 10.8.